The molecule has 0 fully saturated rings. The normalized spacial score (nSPS) is 11.9. The average molecular weight is 358 g/mol. The van der Waals surface area contributed by atoms with E-state index in [4.69, 9.17) is 4.74 Å². The van der Waals surface area contributed by atoms with Crippen LogP contribution in [0, 0.1) is 6.92 Å². The molecule has 4 heteroatoms. The first-order chi connectivity index (χ1) is 13.1. The van der Waals surface area contributed by atoms with E-state index in [1.165, 1.54) is 0 Å². The molecule has 1 aliphatic carbocycles. The lowest BCUT2D eigenvalue weighted by Crippen LogP contribution is -2.38. The molecule has 2 aromatic carbocycles. The molecule has 1 aromatic heterocycles. The molecule has 3 aromatic rings. The molecule has 0 amide bonds. The Morgan fingerprint density at radius 2 is 1.59 bits per heavy atom. The van der Waals surface area contributed by atoms with E-state index in [2.05, 4.69) is 0 Å². The van der Waals surface area contributed by atoms with Gasteiger partial charge in [-0.25, -0.2) is 4.79 Å². The van der Waals surface area contributed by atoms with Gasteiger partial charge in [-0.1, -0.05) is 48.5 Å². The van der Waals surface area contributed by atoms with Crippen LogP contribution in [0.2, 0.25) is 0 Å². The summed E-state index contributed by atoms with van der Waals surface area (Å²) >= 11 is 0. The summed E-state index contributed by atoms with van der Waals surface area (Å²) in [5.41, 5.74) is 5.69. The topological polar surface area (TPSA) is 47.2 Å². The summed E-state index contributed by atoms with van der Waals surface area (Å²) in [6, 6.07) is 17.2. The second kappa shape index (κ2) is 6.47. The van der Waals surface area contributed by atoms with Crippen molar-refractivity contribution in [3.05, 3.63) is 77.0 Å². The molecule has 1 heterocycles. The first kappa shape index (κ1) is 17.2. The number of aromatic nitrogens is 1. The Labute approximate surface area is 158 Å². The Morgan fingerprint density at radius 3 is 2.26 bits per heavy atom. The predicted octanol–water partition coefficient (Wildman–Crippen LogP) is 3.87. The molecule has 0 N–H and O–H groups in total. The number of benzene rings is 2. The number of hydrogen-bond donors (Lipinski definition) is 0. The molecule has 0 radical (unpaired) electrons. The van der Waals surface area contributed by atoms with Crippen LogP contribution in [0.3, 0.4) is 0 Å². The van der Waals surface area contributed by atoms with E-state index >= 15 is 0 Å². The predicted molar refractivity (Wildman–Crippen MR) is 103 cm³/mol. The molecule has 0 spiro atoms. The van der Waals surface area contributed by atoms with Gasteiger partial charge < -0.3 is 4.74 Å². The summed E-state index contributed by atoms with van der Waals surface area (Å²) in [6.45, 7) is 3.95. The Bertz CT molecular complexity index is 1080. The molecule has 1 aliphatic rings. The fourth-order valence-corrected chi connectivity index (χ4v) is 3.83. The quantitative estimate of drug-likeness (QED) is 0.412. The van der Waals surface area contributed by atoms with E-state index in [9.17, 15) is 9.59 Å². The zero-order valence-electron chi connectivity index (χ0n) is 15.6. The minimum absolute atomic E-state index is 0.0550. The molecule has 0 bridgehead atoms. The fourth-order valence-electron chi connectivity index (χ4n) is 3.83. The summed E-state index contributed by atoms with van der Waals surface area (Å²) in [5.74, 6) is -0.461. The van der Waals surface area contributed by atoms with Crippen LogP contribution in [0.1, 0.15) is 38.9 Å². The highest BCUT2D eigenvalue weighted by atomic mass is 16.5. The number of rotatable bonds is 3. The second-order valence-electron chi connectivity index (χ2n) is 6.58. The van der Waals surface area contributed by atoms with Crippen molar-refractivity contribution in [3.8, 4) is 22.4 Å². The van der Waals surface area contributed by atoms with Crippen LogP contribution in [-0.4, -0.2) is 18.4 Å². The zero-order chi connectivity index (χ0) is 19.1. The Morgan fingerprint density at radius 1 is 0.963 bits per heavy atom. The zero-order valence-corrected chi connectivity index (χ0v) is 15.6. The van der Waals surface area contributed by atoms with E-state index in [0.29, 0.717) is 22.3 Å². The first-order valence-corrected chi connectivity index (χ1v) is 8.99. The second-order valence-corrected chi connectivity index (χ2v) is 6.58. The van der Waals surface area contributed by atoms with Gasteiger partial charge in [0.1, 0.15) is 18.2 Å². The van der Waals surface area contributed by atoms with Gasteiger partial charge in [-0.05, 0) is 18.6 Å². The van der Waals surface area contributed by atoms with E-state index in [-0.39, 0.29) is 12.4 Å². The van der Waals surface area contributed by atoms with Crippen molar-refractivity contribution >= 4 is 11.8 Å². The Balaban J connectivity index is 2.15. The molecule has 0 saturated carbocycles. The third-order valence-corrected chi connectivity index (χ3v) is 5.13. The van der Waals surface area contributed by atoms with Gasteiger partial charge >= 0.3 is 5.97 Å². The maximum Gasteiger partial charge on any atom is 0.345 e. The van der Waals surface area contributed by atoms with Crippen LogP contribution in [-0.2, 0) is 11.8 Å². The summed E-state index contributed by atoms with van der Waals surface area (Å²) in [7, 11) is 1.89. The average Bonchev–Trinajstić information content (AvgIpc) is 2.98. The van der Waals surface area contributed by atoms with E-state index < -0.39 is 5.97 Å². The van der Waals surface area contributed by atoms with Crippen molar-refractivity contribution in [1.82, 2.24) is 0 Å². The van der Waals surface area contributed by atoms with Crippen LogP contribution in [0.4, 0.5) is 0 Å². The lowest BCUT2D eigenvalue weighted by atomic mass is 9.91. The molecular formula is C23H20NO3+. The highest BCUT2D eigenvalue weighted by molar-refractivity contribution is 6.25. The highest BCUT2D eigenvalue weighted by Crippen LogP contribution is 2.42. The van der Waals surface area contributed by atoms with Gasteiger partial charge in [-0.3, -0.25) is 4.79 Å². The van der Waals surface area contributed by atoms with Crippen LogP contribution in [0.15, 0.2) is 54.6 Å². The Hall–Kier alpha value is -3.27. The van der Waals surface area contributed by atoms with Gasteiger partial charge in [-0.15, -0.1) is 0 Å². The molecule has 27 heavy (non-hydrogen) atoms. The summed E-state index contributed by atoms with van der Waals surface area (Å²) in [6.07, 6.45) is 0. The van der Waals surface area contributed by atoms with Gasteiger partial charge in [0.15, 0.2) is 5.69 Å². The van der Waals surface area contributed by atoms with Crippen LogP contribution >= 0.6 is 0 Å². The fraction of sp³-hybridized carbons (Fsp3) is 0.174. The molecule has 0 saturated heterocycles. The highest BCUT2D eigenvalue weighted by Gasteiger charge is 2.41. The van der Waals surface area contributed by atoms with Crippen molar-refractivity contribution in [2.75, 3.05) is 6.61 Å². The third-order valence-electron chi connectivity index (χ3n) is 5.13. The number of ketones is 1. The van der Waals surface area contributed by atoms with Crippen molar-refractivity contribution in [1.29, 1.82) is 0 Å². The van der Waals surface area contributed by atoms with Crippen molar-refractivity contribution in [2.45, 2.75) is 13.8 Å². The Kier molecular flexibility index (Phi) is 4.11. The van der Waals surface area contributed by atoms with Crippen LogP contribution < -0.4 is 4.57 Å². The van der Waals surface area contributed by atoms with E-state index in [1.54, 1.807) is 6.92 Å². The largest absolute Gasteiger partial charge is 0.462 e. The van der Waals surface area contributed by atoms with Crippen molar-refractivity contribution in [2.24, 2.45) is 7.05 Å². The van der Waals surface area contributed by atoms with E-state index in [0.717, 1.165) is 22.5 Å². The number of nitrogens with zero attached hydrogens (tertiary/aromatic N) is 1. The van der Waals surface area contributed by atoms with Crippen molar-refractivity contribution < 1.29 is 18.9 Å². The van der Waals surface area contributed by atoms with Gasteiger partial charge in [0.05, 0.1) is 12.2 Å². The number of carbonyl (C=O) groups excluding carboxylic acids is 2. The molecule has 0 aliphatic heterocycles. The van der Waals surface area contributed by atoms with Gasteiger partial charge in [-0.2, -0.15) is 4.57 Å². The minimum Gasteiger partial charge on any atom is -0.462 e. The van der Waals surface area contributed by atoms with Gasteiger partial charge in [0.25, 0.3) is 0 Å². The molecule has 0 atom stereocenters. The SMILES string of the molecule is CCOC(=O)c1c(-c2ccccc2)c2c([n+](C)c1C)-c1ccccc1C2=O. The van der Waals surface area contributed by atoms with Gasteiger partial charge in [0.2, 0.25) is 11.5 Å². The lowest BCUT2D eigenvalue weighted by Gasteiger charge is -2.14. The molecule has 134 valence electrons. The number of esters is 1. The lowest BCUT2D eigenvalue weighted by molar-refractivity contribution is -0.666. The minimum atomic E-state index is -0.406. The molecular weight excluding hydrogens is 338 g/mol. The maximum absolute atomic E-state index is 13.3. The van der Waals surface area contributed by atoms with Crippen LogP contribution in [0.25, 0.3) is 22.4 Å². The number of fused-ring (bicyclic) bond motifs is 3. The smallest absolute Gasteiger partial charge is 0.345 e. The number of ether oxygens (including phenoxy) is 1. The number of carbonyl (C=O) groups is 2. The molecule has 0 unspecified atom stereocenters. The van der Waals surface area contributed by atoms with Gasteiger partial charge in [0, 0.05) is 18.1 Å². The summed E-state index contributed by atoms with van der Waals surface area (Å²) < 4.78 is 7.26. The summed E-state index contributed by atoms with van der Waals surface area (Å²) in [5, 5.41) is 0. The monoisotopic (exact) mass is 358 g/mol. The standard InChI is InChI=1S/C23H20NO3/c1-4-27-23(26)18-14(2)24(3)21-16-12-8-9-13-17(16)22(25)20(21)19(18)15-10-6-5-7-11-15/h5-13H,4H2,1-3H3/q+1. The first-order valence-electron chi connectivity index (χ1n) is 8.99. The van der Waals surface area contributed by atoms with Crippen molar-refractivity contribution in [3.63, 3.8) is 0 Å². The maximum atomic E-state index is 13.3. The summed E-state index contributed by atoms with van der Waals surface area (Å²) in [4.78, 5) is 26.2. The van der Waals surface area contributed by atoms with E-state index in [1.807, 2.05) is 73.1 Å². The van der Waals surface area contributed by atoms with Crippen LogP contribution in [0.5, 0.6) is 0 Å². The third kappa shape index (κ3) is 2.48. The number of pyridine rings is 1. The molecule has 4 rings (SSSR count). The molecule has 4 nitrogen and oxygen atoms in total. The number of hydrogen-bond acceptors (Lipinski definition) is 3.